The molecule has 1 aliphatic rings. The zero-order valence-corrected chi connectivity index (χ0v) is 12.9. The van der Waals surface area contributed by atoms with Crippen LogP contribution in [0.2, 0.25) is 0 Å². The molecule has 0 aromatic heterocycles. The van der Waals surface area contributed by atoms with Crippen molar-refractivity contribution in [2.24, 2.45) is 11.7 Å². The molecule has 0 radical (unpaired) electrons. The number of carbonyl (C=O) groups is 2. The van der Waals surface area contributed by atoms with Gasteiger partial charge in [0.2, 0.25) is 0 Å². The van der Waals surface area contributed by atoms with Crippen molar-refractivity contribution in [3.63, 3.8) is 0 Å². The number of carbonyl (C=O) groups excluding carboxylic acids is 2. The number of hydrogen-bond acceptors (Lipinski definition) is 4. The SMILES string of the molecule is CC1CN(C(=O)c2cccc(OCC(N)=O)c2)CC[C@]1(C)O. The highest BCUT2D eigenvalue weighted by Gasteiger charge is 2.36. The van der Waals surface area contributed by atoms with Crippen LogP contribution in [0, 0.1) is 5.92 Å². The quantitative estimate of drug-likeness (QED) is 0.860. The lowest BCUT2D eigenvalue weighted by atomic mass is 9.84. The maximum atomic E-state index is 12.5. The van der Waals surface area contributed by atoms with E-state index in [1.54, 1.807) is 36.1 Å². The minimum Gasteiger partial charge on any atom is -0.484 e. The van der Waals surface area contributed by atoms with Crippen molar-refractivity contribution in [3.8, 4) is 5.75 Å². The fraction of sp³-hybridized carbons (Fsp3) is 0.500. The molecule has 3 N–H and O–H groups in total. The molecule has 1 saturated heterocycles. The lowest BCUT2D eigenvalue weighted by Crippen LogP contribution is -2.50. The summed E-state index contributed by atoms with van der Waals surface area (Å²) in [4.78, 5) is 25.0. The van der Waals surface area contributed by atoms with Gasteiger partial charge in [0.05, 0.1) is 5.60 Å². The molecule has 2 rings (SSSR count). The van der Waals surface area contributed by atoms with E-state index >= 15 is 0 Å². The maximum Gasteiger partial charge on any atom is 0.255 e. The van der Waals surface area contributed by atoms with Crippen molar-refractivity contribution < 1.29 is 19.4 Å². The third-order valence-corrected chi connectivity index (χ3v) is 4.19. The molecular weight excluding hydrogens is 284 g/mol. The van der Waals surface area contributed by atoms with Crippen LogP contribution in [0.5, 0.6) is 5.75 Å². The highest BCUT2D eigenvalue weighted by Crippen LogP contribution is 2.28. The van der Waals surface area contributed by atoms with Crippen LogP contribution in [0.3, 0.4) is 0 Å². The first-order valence-corrected chi connectivity index (χ1v) is 7.32. The third-order valence-electron chi connectivity index (χ3n) is 4.19. The summed E-state index contributed by atoms with van der Waals surface area (Å²) in [6.07, 6.45) is 0.553. The standard InChI is InChI=1S/C16H22N2O4/c1-11-9-18(7-6-16(11,2)21)15(20)12-4-3-5-13(8-12)22-10-14(17)19/h3-5,8,11,21H,6-7,9-10H2,1-2H3,(H2,17,19)/t11?,16-/m0/s1. The van der Waals surface area contributed by atoms with Crippen molar-refractivity contribution in [1.82, 2.24) is 4.90 Å². The van der Waals surface area contributed by atoms with Gasteiger partial charge in [-0.05, 0) is 31.5 Å². The van der Waals surface area contributed by atoms with Crippen LogP contribution in [0.25, 0.3) is 0 Å². The summed E-state index contributed by atoms with van der Waals surface area (Å²) in [5.74, 6) is -0.225. The van der Waals surface area contributed by atoms with Crippen molar-refractivity contribution in [2.75, 3.05) is 19.7 Å². The molecular formula is C16H22N2O4. The molecule has 22 heavy (non-hydrogen) atoms. The van der Waals surface area contributed by atoms with Crippen LogP contribution < -0.4 is 10.5 Å². The molecule has 1 aliphatic heterocycles. The lowest BCUT2D eigenvalue weighted by Gasteiger charge is -2.41. The number of benzene rings is 1. The monoisotopic (exact) mass is 306 g/mol. The predicted molar refractivity (Wildman–Crippen MR) is 81.4 cm³/mol. The molecule has 0 aliphatic carbocycles. The second kappa shape index (κ2) is 6.36. The summed E-state index contributed by atoms with van der Waals surface area (Å²) >= 11 is 0. The molecule has 1 aromatic carbocycles. The Morgan fingerprint density at radius 1 is 1.50 bits per heavy atom. The van der Waals surface area contributed by atoms with Gasteiger partial charge in [-0.3, -0.25) is 9.59 Å². The summed E-state index contributed by atoms with van der Waals surface area (Å²) in [5, 5.41) is 10.2. The molecule has 120 valence electrons. The third kappa shape index (κ3) is 3.76. The van der Waals surface area contributed by atoms with E-state index in [0.29, 0.717) is 30.8 Å². The Balaban J connectivity index is 2.06. The summed E-state index contributed by atoms with van der Waals surface area (Å²) in [6.45, 7) is 4.55. The van der Waals surface area contributed by atoms with Gasteiger partial charge in [-0.15, -0.1) is 0 Å². The molecule has 6 heteroatoms. The Morgan fingerprint density at radius 3 is 2.86 bits per heavy atom. The molecule has 1 heterocycles. The summed E-state index contributed by atoms with van der Waals surface area (Å²) < 4.78 is 5.21. The molecule has 1 unspecified atom stereocenters. The van der Waals surface area contributed by atoms with E-state index in [1.807, 2.05) is 6.92 Å². The van der Waals surface area contributed by atoms with Gasteiger partial charge in [-0.1, -0.05) is 13.0 Å². The van der Waals surface area contributed by atoms with E-state index in [4.69, 9.17) is 10.5 Å². The van der Waals surface area contributed by atoms with Crippen molar-refractivity contribution in [3.05, 3.63) is 29.8 Å². The molecule has 0 saturated carbocycles. The minimum absolute atomic E-state index is 0.0134. The van der Waals surface area contributed by atoms with Crippen molar-refractivity contribution >= 4 is 11.8 Å². The Kier molecular flexibility index (Phi) is 4.71. The number of rotatable bonds is 4. The first-order chi connectivity index (χ1) is 10.3. The second-order valence-electron chi connectivity index (χ2n) is 6.04. The van der Waals surface area contributed by atoms with Gasteiger partial charge in [-0.25, -0.2) is 0 Å². The van der Waals surface area contributed by atoms with Gasteiger partial charge in [0, 0.05) is 24.6 Å². The van der Waals surface area contributed by atoms with Crippen LogP contribution in [0.1, 0.15) is 30.6 Å². The number of likely N-dealkylation sites (tertiary alicyclic amines) is 1. The average molecular weight is 306 g/mol. The molecule has 6 nitrogen and oxygen atoms in total. The van der Waals surface area contributed by atoms with Gasteiger partial charge in [0.15, 0.2) is 6.61 Å². The molecule has 2 atom stereocenters. The summed E-state index contributed by atoms with van der Waals surface area (Å²) in [7, 11) is 0. The van der Waals surface area contributed by atoms with E-state index in [9.17, 15) is 14.7 Å². The summed E-state index contributed by atoms with van der Waals surface area (Å²) in [5.41, 5.74) is 4.80. The average Bonchev–Trinajstić information content (AvgIpc) is 2.47. The first kappa shape index (κ1) is 16.3. The van der Waals surface area contributed by atoms with Gasteiger partial charge in [-0.2, -0.15) is 0 Å². The lowest BCUT2D eigenvalue weighted by molar-refractivity contribution is -0.119. The van der Waals surface area contributed by atoms with E-state index in [2.05, 4.69) is 0 Å². The largest absolute Gasteiger partial charge is 0.484 e. The molecule has 1 fully saturated rings. The van der Waals surface area contributed by atoms with Crippen molar-refractivity contribution in [1.29, 1.82) is 0 Å². The van der Waals surface area contributed by atoms with E-state index in [1.165, 1.54) is 0 Å². The van der Waals surface area contributed by atoms with Crippen LogP contribution in [-0.4, -0.2) is 47.1 Å². The van der Waals surface area contributed by atoms with Crippen LogP contribution in [0.4, 0.5) is 0 Å². The minimum atomic E-state index is -0.733. The second-order valence-corrected chi connectivity index (χ2v) is 6.04. The highest BCUT2D eigenvalue weighted by molar-refractivity contribution is 5.94. The zero-order valence-electron chi connectivity index (χ0n) is 12.9. The number of piperidine rings is 1. The van der Waals surface area contributed by atoms with E-state index in [0.717, 1.165) is 0 Å². The first-order valence-electron chi connectivity index (χ1n) is 7.32. The molecule has 1 aromatic rings. The van der Waals surface area contributed by atoms with Gasteiger partial charge in [0.25, 0.3) is 11.8 Å². The zero-order chi connectivity index (χ0) is 16.3. The number of amides is 2. The van der Waals surface area contributed by atoms with Gasteiger partial charge in [0.1, 0.15) is 5.75 Å². The van der Waals surface area contributed by atoms with Crippen LogP contribution >= 0.6 is 0 Å². The number of ether oxygens (including phenoxy) is 1. The van der Waals surface area contributed by atoms with Gasteiger partial charge >= 0.3 is 0 Å². The van der Waals surface area contributed by atoms with Crippen LogP contribution in [0.15, 0.2) is 24.3 Å². The number of nitrogens with two attached hydrogens (primary N) is 1. The Morgan fingerprint density at radius 2 is 2.23 bits per heavy atom. The fourth-order valence-electron chi connectivity index (χ4n) is 2.47. The van der Waals surface area contributed by atoms with Crippen molar-refractivity contribution in [2.45, 2.75) is 25.9 Å². The predicted octanol–water partition coefficient (Wildman–Crippen LogP) is 0.784. The van der Waals surface area contributed by atoms with E-state index < -0.39 is 11.5 Å². The van der Waals surface area contributed by atoms with E-state index in [-0.39, 0.29) is 18.4 Å². The summed E-state index contributed by atoms with van der Waals surface area (Å²) in [6, 6.07) is 6.68. The number of nitrogens with zero attached hydrogens (tertiary/aromatic N) is 1. The Bertz CT molecular complexity index is 571. The Hall–Kier alpha value is -2.08. The normalized spacial score (nSPS) is 24.9. The molecule has 0 spiro atoms. The topological polar surface area (TPSA) is 92.9 Å². The number of hydrogen-bond donors (Lipinski definition) is 2. The Labute approximate surface area is 129 Å². The maximum absolute atomic E-state index is 12.5. The molecule has 2 amide bonds. The smallest absolute Gasteiger partial charge is 0.255 e. The van der Waals surface area contributed by atoms with Crippen LogP contribution in [-0.2, 0) is 4.79 Å². The van der Waals surface area contributed by atoms with Gasteiger partial charge < -0.3 is 20.5 Å². The highest BCUT2D eigenvalue weighted by atomic mass is 16.5. The molecule has 0 bridgehead atoms. The number of primary amides is 1. The fourth-order valence-corrected chi connectivity index (χ4v) is 2.47. The number of aliphatic hydroxyl groups is 1.